The van der Waals surface area contributed by atoms with E-state index >= 15 is 0 Å². The number of hydrogen-bond acceptors (Lipinski definition) is 5. The normalized spacial score (nSPS) is 40.2. The minimum atomic E-state index is -0.283. The van der Waals surface area contributed by atoms with Crippen LogP contribution >= 0.6 is 0 Å². The first kappa shape index (κ1) is 14.3. The third-order valence-electron chi connectivity index (χ3n) is 4.53. The summed E-state index contributed by atoms with van der Waals surface area (Å²) in [5.41, 5.74) is 0. The van der Waals surface area contributed by atoms with Gasteiger partial charge in [-0.05, 0) is 11.8 Å². The Hall–Kier alpha value is -1.10. The number of esters is 2. The van der Waals surface area contributed by atoms with Crippen molar-refractivity contribution in [1.82, 2.24) is 0 Å². The summed E-state index contributed by atoms with van der Waals surface area (Å²) in [5, 5.41) is 0. The molecular formula is C14H22O5. The van der Waals surface area contributed by atoms with Crippen LogP contribution in [0.2, 0.25) is 0 Å². The highest BCUT2D eigenvalue weighted by Crippen LogP contribution is 2.50. The van der Waals surface area contributed by atoms with Crippen LogP contribution in [0.4, 0.5) is 0 Å². The first-order valence-electron chi connectivity index (χ1n) is 6.84. The lowest BCUT2D eigenvalue weighted by Gasteiger charge is -2.34. The van der Waals surface area contributed by atoms with Gasteiger partial charge in [0, 0.05) is 25.7 Å². The lowest BCUT2D eigenvalue weighted by molar-refractivity contribution is -0.147. The monoisotopic (exact) mass is 270 g/mol. The summed E-state index contributed by atoms with van der Waals surface area (Å²) in [5.74, 6) is 0.571. The van der Waals surface area contributed by atoms with Crippen molar-refractivity contribution in [2.75, 3.05) is 13.2 Å². The molecule has 5 heteroatoms. The minimum Gasteiger partial charge on any atom is -0.465 e. The molecule has 108 valence electrons. The molecule has 6 unspecified atom stereocenters. The Balaban J connectivity index is 2.04. The molecule has 0 saturated carbocycles. The molecule has 2 fully saturated rings. The molecule has 0 aromatic carbocycles. The smallest absolute Gasteiger partial charge is 0.302 e. The second-order valence-corrected chi connectivity index (χ2v) is 5.72. The molecule has 2 bridgehead atoms. The van der Waals surface area contributed by atoms with Crippen LogP contribution < -0.4 is 0 Å². The van der Waals surface area contributed by atoms with Crippen molar-refractivity contribution in [3.63, 3.8) is 0 Å². The molecule has 2 heterocycles. The van der Waals surface area contributed by atoms with Gasteiger partial charge in [-0.2, -0.15) is 0 Å². The first-order chi connectivity index (χ1) is 8.91. The number of rotatable bonds is 4. The number of carbonyl (C=O) groups is 2. The van der Waals surface area contributed by atoms with E-state index in [9.17, 15) is 9.59 Å². The molecule has 6 atom stereocenters. The van der Waals surface area contributed by atoms with Gasteiger partial charge in [-0.3, -0.25) is 9.59 Å². The predicted molar refractivity (Wildman–Crippen MR) is 67.2 cm³/mol. The average Bonchev–Trinajstić information content (AvgIpc) is 2.82. The van der Waals surface area contributed by atoms with E-state index in [-0.39, 0.29) is 36.0 Å². The molecule has 0 aromatic rings. The van der Waals surface area contributed by atoms with E-state index in [0.717, 1.165) is 0 Å². The third-order valence-corrected chi connectivity index (χ3v) is 4.53. The van der Waals surface area contributed by atoms with Gasteiger partial charge >= 0.3 is 11.9 Å². The molecule has 0 radical (unpaired) electrons. The van der Waals surface area contributed by atoms with Crippen LogP contribution in [0.3, 0.4) is 0 Å². The van der Waals surface area contributed by atoms with Crippen molar-refractivity contribution in [1.29, 1.82) is 0 Å². The summed E-state index contributed by atoms with van der Waals surface area (Å²) in [7, 11) is 0. The van der Waals surface area contributed by atoms with Gasteiger partial charge in [-0.1, -0.05) is 13.8 Å². The molecule has 2 aliphatic heterocycles. The Kier molecular flexibility index (Phi) is 4.13. The van der Waals surface area contributed by atoms with Gasteiger partial charge in [-0.25, -0.2) is 0 Å². The molecule has 19 heavy (non-hydrogen) atoms. The fraction of sp³-hybridized carbons (Fsp3) is 0.857. The van der Waals surface area contributed by atoms with E-state index in [4.69, 9.17) is 14.2 Å². The van der Waals surface area contributed by atoms with Crippen molar-refractivity contribution in [2.24, 2.45) is 23.7 Å². The number of fused-ring (bicyclic) bond motifs is 2. The number of hydrogen-bond donors (Lipinski definition) is 0. The van der Waals surface area contributed by atoms with Crippen molar-refractivity contribution < 1.29 is 23.8 Å². The molecule has 0 spiro atoms. The fourth-order valence-corrected chi connectivity index (χ4v) is 3.36. The zero-order chi connectivity index (χ0) is 14.2. The van der Waals surface area contributed by atoms with E-state index in [1.807, 2.05) is 0 Å². The van der Waals surface area contributed by atoms with Crippen LogP contribution in [0.15, 0.2) is 0 Å². The highest BCUT2D eigenvalue weighted by molar-refractivity contribution is 5.66. The molecule has 2 rings (SSSR count). The van der Waals surface area contributed by atoms with Crippen LogP contribution in [0.5, 0.6) is 0 Å². The van der Waals surface area contributed by atoms with Crippen molar-refractivity contribution in [2.45, 2.75) is 39.9 Å². The lowest BCUT2D eigenvalue weighted by Crippen LogP contribution is -2.42. The van der Waals surface area contributed by atoms with Crippen LogP contribution in [0.25, 0.3) is 0 Å². The van der Waals surface area contributed by atoms with Crippen LogP contribution in [0, 0.1) is 23.7 Å². The van der Waals surface area contributed by atoms with Gasteiger partial charge in [0.15, 0.2) is 0 Å². The molecule has 5 nitrogen and oxygen atoms in total. The molecule has 0 aliphatic carbocycles. The van der Waals surface area contributed by atoms with Crippen molar-refractivity contribution in [3.8, 4) is 0 Å². The predicted octanol–water partition coefficient (Wildman–Crippen LogP) is 1.40. The molecular weight excluding hydrogens is 248 g/mol. The summed E-state index contributed by atoms with van der Waals surface area (Å²) < 4.78 is 16.3. The topological polar surface area (TPSA) is 61.8 Å². The summed E-state index contributed by atoms with van der Waals surface area (Å²) in [4.78, 5) is 22.0. The average molecular weight is 270 g/mol. The van der Waals surface area contributed by atoms with E-state index in [2.05, 4.69) is 13.8 Å². The molecule has 0 amide bonds. The molecule has 2 aliphatic rings. The lowest BCUT2D eigenvalue weighted by atomic mass is 9.70. The van der Waals surface area contributed by atoms with Gasteiger partial charge in [0.05, 0.1) is 25.4 Å². The highest BCUT2D eigenvalue weighted by Gasteiger charge is 2.56. The summed E-state index contributed by atoms with van der Waals surface area (Å²) in [6.07, 6.45) is 0.194. The first-order valence-corrected chi connectivity index (χ1v) is 6.84. The van der Waals surface area contributed by atoms with Crippen molar-refractivity contribution >= 4 is 11.9 Å². The maximum absolute atomic E-state index is 11.0. The van der Waals surface area contributed by atoms with Gasteiger partial charge in [-0.15, -0.1) is 0 Å². The Morgan fingerprint density at radius 2 is 1.26 bits per heavy atom. The Morgan fingerprint density at radius 3 is 1.58 bits per heavy atom. The van der Waals surface area contributed by atoms with Gasteiger partial charge in [0.25, 0.3) is 0 Å². The van der Waals surface area contributed by atoms with E-state index in [0.29, 0.717) is 25.0 Å². The molecule has 0 aromatic heterocycles. The largest absolute Gasteiger partial charge is 0.465 e. The summed E-state index contributed by atoms with van der Waals surface area (Å²) in [6, 6.07) is 0. The summed E-state index contributed by atoms with van der Waals surface area (Å²) in [6.45, 7) is 7.83. The molecule has 0 N–H and O–H groups in total. The number of ether oxygens (including phenoxy) is 3. The summed E-state index contributed by atoms with van der Waals surface area (Å²) >= 11 is 0. The zero-order valence-corrected chi connectivity index (χ0v) is 11.9. The van der Waals surface area contributed by atoms with Crippen molar-refractivity contribution in [3.05, 3.63) is 0 Å². The van der Waals surface area contributed by atoms with Crippen LogP contribution in [0.1, 0.15) is 27.7 Å². The van der Waals surface area contributed by atoms with Gasteiger partial charge < -0.3 is 14.2 Å². The second kappa shape index (κ2) is 5.49. The third kappa shape index (κ3) is 2.76. The van der Waals surface area contributed by atoms with E-state index in [1.165, 1.54) is 13.8 Å². The van der Waals surface area contributed by atoms with Gasteiger partial charge in [0.2, 0.25) is 0 Å². The highest BCUT2D eigenvalue weighted by atomic mass is 16.6. The van der Waals surface area contributed by atoms with E-state index in [1.54, 1.807) is 0 Å². The van der Waals surface area contributed by atoms with E-state index < -0.39 is 0 Å². The Labute approximate surface area is 113 Å². The van der Waals surface area contributed by atoms with Crippen LogP contribution in [-0.2, 0) is 23.8 Å². The maximum Gasteiger partial charge on any atom is 0.302 e. The second-order valence-electron chi connectivity index (χ2n) is 5.72. The Bertz CT molecular complexity index is 333. The van der Waals surface area contributed by atoms with Crippen LogP contribution in [-0.4, -0.2) is 37.4 Å². The minimum absolute atomic E-state index is 0.0971. The van der Waals surface area contributed by atoms with Gasteiger partial charge in [0.1, 0.15) is 0 Å². The zero-order valence-electron chi connectivity index (χ0n) is 11.9. The maximum atomic E-state index is 11.0. The SMILES string of the molecule is CC(=O)OCC1C(COC(C)=O)C2OC1C(C)C2C. The Morgan fingerprint density at radius 1 is 0.895 bits per heavy atom. The number of carbonyl (C=O) groups excluding carboxylic acids is 2. The quantitative estimate of drug-likeness (QED) is 0.723. The molecule has 2 saturated heterocycles. The fourth-order valence-electron chi connectivity index (χ4n) is 3.36. The standard InChI is InChI=1S/C14H22O5/c1-7-8(2)14-12(6-18-10(4)16)11(13(7)19-14)5-17-9(3)15/h7-8,11-14H,5-6H2,1-4H3.